The molecule has 1 N–H and O–H groups in total. The van der Waals surface area contributed by atoms with Crippen LogP contribution < -0.4 is 4.74 Å². The van der Waals surface area contributed by atoms with Gasteiger partial charge in [0.1, 0.15) is 5.75 Å². The number of allylic oxidation sites excluding steroid dienone is 2. The summed E-state index contributed by atoms with van der Waals surface area (Å²) in [4.78, 5) is 13.0. The van der Waals surface area contributed by atoms with Crippen LogP contribution in [0.2, 0.25) is 0 Å². The van der Waals surface area contributed by atoms with Crippen LogP contribution in [0, 0.1) is 12.8 Å². The maximum absolute atomic E-state index is 10.8. The molecule has 0 bridgehead atoms. The average molecular weight is 359 g/mol. The van der Waals surface area contributed by atoms with E-state index in [1.54, 1.807) is 0 Å². The Morgan fingerprint density at radius 1 is 1.38 bits per heavy atom. The van der Waals surface area contributed by atoms with Crippen molar-refractivity contribution < 1.29 is 19.4 Å². The monoisotopic (exact) mass is 359 g/mol. The number of carboxylic acid groups (broad SMARTS) is 1. The molecule has 2 unspecified atom stereocenters. The summed E-state index contributed by atoms with van der Waals surface area (Å²) in [5.74, 6) is 0.781. The third-order valence-corrected chi connectivity index (χ3v) is 5.24. The van der Waals surface area contributed by atoms with E-state index in [1.807, 2.05) is 6.07 Å². The Morgan fingerprint density at radius 3 is 3.00 bits per heavy atom. The van der Waals surface area contributed by atoms with Crippen molar-refractivity contribution in [2.24, 2.45) is 5.92 Å². The van der Waals surface area contributed by atoms with E-state index in [2.05, 4.69) is 36.1 Å². The lowest BCUT2D eigenvalue weighted by molar-refractivity contribution is -0.137. The molecule has 1 fully saturated rings. The summed E-state index contributed by atoms with van der Waals surface area (Å²) in [6.07, 6.45) is 8.14. The smallest absolute Gasteiger partial charge is 0.304 e. The van der Waals surface area contributed by atoms with Crippen LogP contribution in [0.4, 0.5) is 0 Å². The fourth-order valence-electron chi connectivity index (χ4n) is 3.67. The van der Waals surface area contributed by atoms with Crippen LogP contribution in [0.3, 0.4) is 0 Å². The lowest BCUT2D eigenvalue weighted by Crippen LogP contribution is -2.39. The molecule has 0 spiro atoms. The van der Waals surface area contributed by atoms with Gasteiger partial charge in [-0.05, 0) is 55.4 Å². The van der Waals surface area contributed by atoms with E-state index in [0.717, 1.165) is 49.4 Å². The van der Waals surface area contributed by atoms with E-state index < -0.39 is 5.97 Å². The minimum atomic E-state index is -0.751. The quantitative estimate of drug-likeness (QED) is 0.754. The van der Waals surface area contributed by atoms with E-state index in [1.165, 1.54) is 6.42 Å². The molecule has 2 atom stereocenters. The molecular formula is C21H29NO4. The highest BCUT2D eigenvalue weighted by Crippen LogP contribution is 2.28. The lowest BCUT2D eigenvalue weighted by Gasteiger charge is -2.33. The van der Waals surface area contributed by atoms with Crippen LogP contribution in [-0.2, 0) is 9.53 Å². The summed E-state index contributed by atoms with van der Waals surface area (Å²) < 4.78 is 11.9. The second-order valence-electron chi connectivity index (χ2n) is 7.28. The zero-order valence-electron chi connectivity index (χ0n) is 15.5. The van der Waals surface area contributed by atoms with Gasteiger partial charge in [-0.25, -0.2) is 0 Å². The van der Waals surface area contributed by atoms with Crippen LogP contribution in [0.1, 0.15) is 42.9 Å². The van der Waals surface area contributed by atoms with Crippen molar-refractivity contribution in [3.63, 3.8) is 0 Å². The van der Waals surface area contributed by atoms with Crippen LogP contribution >= 0.6 is 0 Å². The van der Waals surface area contributed by atoms with Crippen molar-refractivity contribution in [1.29, 1.82) is 0 Å². The molecule has 5 heteroatoms. The van der Waals surface area contributed by atoms with Gasteiger partial charge in [0.25, 0.3) is 0 Å². The van der Waals surface area contributed by atoms with E-state index in [0.29, 0.717) is 19.1 Å². The Morgan fingerprint density at radius 2 is 2.27 bits per heavy atom. The van der Waals surface area contributed by atoms with Gasteiger partial charge in [-0.15, -0.1) is 0 Å². The fraction of sp³-hybridized carbons (Fsp3) is 0.571. The molecule has 1 aromatic rings. The molecule has 1 heterocycles. The van der Waals surface area contributed by atoms with Gasteiger partial charge >= 0.3 is 5.97 Å². The predicted octanol–water partition coefficient (Wildman–Crippen LogP) is 3.58. The Balaban J connectivity index is 1.56. The second kappa shape index (κ2) is 9.19. The molecule has 26 heavy (non-hydrogen) atoms. The first-order valence-corrected chi connectivity index (χ1v) is 9.56. The van der Waals surface area contributed by atoms with Gasteiger partial charge in [0.2, 0.25) is 0 Å². The van der Waals surface area contributed by atoms with Gasteiger partial charge in [0.05, 0.1) is 25.7 Å². The van der Waals surface area contributed by atoms with Crippen LogP contribution in [0.25, 0.3) is 0 Å². The molecule has 1 saturated heterocycles. The van der Waals surface area contributed by atoms with E-state index in [4.69, 9.17) is 14.6 Å². The molecule has 3 rings (SSSR count). The predicted molar refractivity (Wildman–Crippen MR) is 101 cm³/mol. The van der Waals surface area contributed by atoms with Crippen LogP contribution in [0.15, 0.2) is 30.4 Å². The third kappa shape index (κ3) is 5.32. The lowest BCUT2D eigenvalue weighted by atomic mass is 9.95. The van der Waals surface area contributed by atoms with Gasteiger partial charge in [0.15, 0.2) is 0 Å². The SMILES string of the molecule is Cc1cc(OCC2CC=CCC2)ccc1C1CN(CCC(=O)O)CCO1. The van der Waals surface area contributed by atoms with E-state index >= 15 is 0 Å². The first-order chi connectivity index (χ1) is 12.6. The number of nitrogens with zero attached hydrogens (tertiary/aromatic N) is 1. The summed E-state index contributed by atoms with van der Waals surface area (Å²) >= 11 is 0. The number of rotatable bonds is 7. The number of aliphatic carboxylic acids is 1. The molecule has 0 saturated carbocycles. The Labute approximate surface area is 155 Å². The van der Waals surface area contributed by atoms with Crippen molar-refractivity contribution in [1.82, 2.24) is 4.90 Å². The zero-order chi connectivity index (χ0) is 18.4. The summed E-state index contributed by atoms with van der Waals surface area (Å²) in [7, 11) is 0. The van der Waals surface area contributed by atoms with Crippen LogP contribution in [-0.4, -0.2) is 48.8 Å². The largest absolute Gasteiger partial charge is 0.493 e. The number of ether oxygens (including phenoxy) is 2. The number of hydrogen-bond donors (Lipinski definition) is 1. The topological polar surface area (TPSA) is 59.0 Å². The van der Waals surface area contributed by atoms with Crippen molar-refractivity contribution in [3.05, 3.63) is 41.5 Å². The molecule has 5 nitrogen and oxygen atoms in total. The maximum Gasteiger partial charge on any atom is 0.304 e. The van der Waals surface area contributed by atoms with Crippen molar-refractivity contribution in [2.75, 3.05) is 32.8 Å². The molecule has 1 aliphatic heterocycles. The average Bonchev–Trinajstić information content (AvgIpc) is 2.66. The van der Waals surface area contributed by atoms with Gasteiger partial charge in [-0.1, -0.05) is 18.2 Å². The third-order valence-electron chi connectivity index (χ3n) is 5.24. The van der Waals surface area contributed by atoms with Crippen molar-refractivity contribution in [2.45, 2.75) is 38.7 Å². The van der Waals surface area contributed by atoms with E-state index in [-0.39, 0.29) is 12.5 Å². The summed E-state index contributed by atoms with van der Waals surface area (Å²) in [5.41, 5.74) is 2.33. The summed E-state index contributed by atoms with van der Waals surface area (Å²) in [6.45, 7) is 5.60. The number of hydrogen-bond acceptors (Lipinski definition) is 4. The second-order valence-corrected chi connectivity index (χ2v) is 7.28. The molecule has 1 aliphatic carbocycles. The molecule has 0 amide bonds. The standard InChI is InChI=1S/C21H29NO4/c1-16-13-18(26-15-17-5-3-2-4-6-17)7-8-19(16)20-14-22(11-12-25-20)10-9-21(23)24/h2-3,7-8,13,17,20H,4-6,9-12,14-15H2,1H3,(H,23,24). The zero-order valence-corrected chi connectivity index (χ0v) is 15.5. The van der Waals surface area contributed by atoms with Crippen molar-refractivity contribution in [3.8, 4) is 5.75 Å². The van der Waals surface area contributed by atoms with Gasteiger partial charge in [-0.3, -0.25) is 9.69 Å². The van der Waals surface area contributed by atoms with Gasteiger partial charge in [0, 0.05) is 19.6 Å². The molecule has 2 aliphatic rings. The van der Waals surface area contributed by atoms with Gasteiger partial charge in [-0.2, -0.15) is 0 Å². The Kier molecular flexibility index (Phi) is 6.69. The highest BCUT2D eigenvalue weighted by atomic mass is 16.5. The van der Waals surface area contributed by atoms with Gasteiger partial charge < -0.3 is 14.6 Å². The number of carboxylic acids is 1. The number of morpholine rings is 1. The minimum Gasteiger partial charge on any atom is -0.493 e. The first kappa shape index (κ1) is 18.9. The maximum atomic E-state index is 10.8. The highest BCUT2D eigenvalue weighted by Gasteiger charge is 2.23. The minimum absolute atomic E-state index is 0.00456. The molecule has 142 valence electrons. The Bertz CT molecular complexity index is 643. The van der Waals surface area contributed by atoms with Crippen LogP contribution in [0.5, 0.6) is 5.75 Å². The Hall–Kier alpha value is -1.85. The van der Waals surface area contributed by atoms with E-state index in [9.17, 15) is 4.79 Å². The summed E-state index contributed by atoms with van der Waals surface area (Å²) in [6, 6.07) is 6.21. The molecule has 0 radical (unpaired) electrons. The number of aryl methyl sites for hydroxylation is 1. The normalized spacial score (nSPS) is 23.7. The van der Waals surface area contributed by atoms with Crippen molar-refractivity contribution >= 4 is 5.97 Å². The molecule has 1 aromatic carbocycles. The molecule has 0 aromatic heterocycles. The highest BCUT2D eigenvalue weighted by molar-refractivity contribution is 5.66. The summed E-state index contributed by atoms with van der Waals surface area (Å²) in [5, 5.41) is 8.87. The molecular weight excluding hydrogens is 330 g/mol. The fourth-order valence-corrected chi connectivity index (χ4v) is 3.67. The number of carbonyl (C=O) groups is 1. The number of benzene rings is 1. The first-order valence-electron chi connectivity index (χ1n) is 9.56.